The van der Waals surface area contributed by atoms with Gasteiger partial charge in [-0.15, -0.1) is 0 Å². The van der Waals surface area contributed by atoms with Crippen LogP contribution in [0.5, 0.6) is 0 Å². The van der Waals surface area contributed by atoms with Crippen molar-refractivity contribution in [2.45, 2.75) is 0 Å². The molecule has 0 saturated carbocycles. The van der Waals surface area contributed by atoms with Crippen molar-refractivity contribution < 1.29 is 9.59 Å². The van der Waals surface area contributed by atoms with Gasteiger partial charge in [-0.3, -0.25) is 9.59 Å². The van der Waals surface area contributed by atoms with Crippen LogP contribution < -0.4 is 4.90 Å². The van der Waals surface area contributed by atoms with Crippen LogP contribution in [0.4, 0.5) is 5.69 Å². The molecule has 4 rings (SSSR count). The van der Waals surface area contributed by atoms with E-state index in [1.165, 1.54) is 0 Å². The van der Waals surface area contributed by atoms with Crippen molar-refractivity contribution in [2.75, 3.05) is 11.4 Å². The number of carbonyl (C=O) groups is 2. The molecule has 1 aliphatic heterocycles. The quantitative estimate of drug-likeness (QED) is 0.806. The van der Waals surface area contributed by atoms with Crippen molar-refractivity contribution in [3.8, 4) is 0 Å². The molecule has 0 spiro atoms. The van der Waals surface area contributed by atoms with Crippen molar-refractivity contribution in [3.63, 3.8) is 0 Å². The summed E-state index contributed by atoms with van der Waals surface area (Å²) in [6, 6.07) is 16.7. The van der Waals surface area contributed by atoms with E-state index in [-0.39, 0.29) is 11.6 Å². The van der Waals surface area contributed by atoms with Gasteiger partial charge in [0.1, 0.15) is 5.70 Å². The molecule has 1 heterocycles. The standard InChI is InChI=1S/C19H13NO2/c21-18-14-9-4-5-10-15(14)19(22)17-16(18)11-6-12-20(17)13-7-2-1-3-8-13/h1-11H,12H2. The van der Waals surface area contributed by atoms with Crippen LogP contribution in [-0.4, -0.2) is 18.1 Å². The van der Waals surface area contributed by atoms with Gasteiger partial charge in [0.05, 0.1) is 5.57 Å². The van der Waals surface area contributed by atoms with Crippen LogP contribution in [0.1, 0.15) is 20.7 Å². The third kappa shape index (κ3) is 1.76. The monoisotopic (exact) mass is 287 g/mol. The molecule has 2 aromatic carbocycles. The van der Waals surface area contributed by atoms with Crippen molar-refractivity contribution in [1.29, 1.82) is 0 Å². The molecule has 22 heavy (non-hydrogen) atoms. The minimum Gasteiger partial charge on any atom is -0.334 e. The first-order valence-electron chi connectivity index (χ1n) is 7.19. The van der Waals surface area contributed by atoms with Gasteiger partial charge in [-0.1, -0.05) is 54.6 Å². The summed E-state index contributed by atoms with van der Waals surface area (Å²) in [6.07, 6.45) is 3.69. The fraction of sp³-hybridized carbons (Fsp3) is 0.0526. The van der Waals surface area contributed by atoms with Crippen LogP contribution >= 0.6 is 0 Å². The van der Waals surface area contributed by atoms with Gasteiger partial charge in [0.2, 0.25) is 5.78 Å². The highest BCUT2D eigenvalue weighted by molar-refractivity contribution is 6.29. The maximum atomic E-state index is 12.9. The number of carbonyl (C=O) groups excluding carboxylic acids is 2. The molecular formula is C19H13NO2. The average molecular weight is 287 g/mol. The molecule has 2 aliphatic rings. The zero-order chi connectivity index (χ0) is 15.1. The third-order valence-corrected chi connectivity index (χ3v) is 4.04. The predicted molar refractivity (Wildman–Crippen MR) is 85.1 cm³/mol. The Balaban J connectivity index is 1.91. The Morgan fingerprint density at radius 1 is 0.773 bits per heavy atom. The molecule has 0 aromatic heterocycles. The van der Waals surface area contributed by atoms with E-state index in [1.807, 2.05) is 41.3 Å². The van der Waals surface area contributed by atoms with Gasteiger partial charge >= 0.3 is 0 Å². The van der Waals surface area contributed by atoms with Crippen molar-refractivity contribution >= 4 is 17.3 Å². The summed E-state index contributed by atoms with van der Waals surface area (Å²) >= 11 is 0. The summed E-state index contributed by atoms with van der Waals surface area (Å²) in [7, 11) is 0. The molecule has 0 unspecified atom stereocenters. The van der Waals surface area contributed by atoms with E-state index in [9.17, 15) is 9.59 Å². The Morgan fingerprint density at radius 2 is 1.41 bits per heavy atom. The van der Waals surface area contributed by atoms with Gasteiger partial charge in [-0.05, 0) is 12.1 Å². The second-order valence-electron chi connectivity index (χ2n) is 5.31. The highest BCUT2D eigenvalue weighted by atomic mass is 16.1. The van der Waals surface area contributed by atoms with E-state index in [0.29, 0.717) is 28.9 Å². The van der Waals surface area contributed by atoms with Crippen LogP contribution in [-0.2, 0) is 0 Å². The molecule has 3 nitrogen and oxygen atoms in total. The molecule has 0 fully saturated rings. The molecule has 106 valence electrons. The minimum atomic E-state index is -0.0848. The zero-order valence-electron chi connectivity index (χ0n) is 11.8. The minimum absolute atomic E-state index is 0.0814. The van der Waals surface area contributed by atoms with Gasteiger partial charge in [0.15, 0.2) is 5.78 Å². The van der Waals surface area contributed by atoms with Gasteiger partial charge in [0, 0.05) is 23.4 Å². The Bertz CT molecular complexity index is 847. The summed E-state index contributed by atoms with van der Waals surface area (Å²) in [4.78, 5) is 27.5. The fourth-order valence-corrected chi connectivity index (χ4v) is 3.01. The number of hydrogen-bond acceptors (Lipinski definition) is 3. The Labute approximate surface area is 128 Å². The number of allylic oxidation sites excluding steroid dienone is 3. The van der Waals surface area contributed by atoms with E-state index in [2.05, 4.69) is 0 Å². The van der Waals surface area contributed by atoms with Gasteiger partial charge in [0.25, 0.3) is 0 Å². The SMILES string of the molecule is O=C1C2=C(C(=O)c3ccccc31)N(c1ccccc1)CC=C2. The number of para-hydroxylation sites is 1. The Kier molecular flexibility index (Phi) is 2.79. The lowest BCUT2D eigenvalue weighted by Gasteiger charge is -2.32. The molecule has 3 heteroatoms. The van der Waals surface area contributed by atoms with E-state index >= 15 is 0 Å². The number of ketones is 2. The van der Waals surface area contributed by atoms with Crippen molar-refractivity contribution in [1.82, 2.24) is 0 Å². The largest absolute Gasteiger partial charge is 0.334 e. The molecule has 0 radical (unpaired) electrons. The molecule has 0 bridgehead atoms. The molecule has 0 amide bonds. The summed E-state index contributed by atoms with van der Waals surface area (Å²) in [5.74, 6) is -0.166. The number of benzene rings is 2. The second-order valence-corrected chi connectivity index (χ2v) is 5.31. The lowest BCUT2D eigenvalue weighted by atomic mass is 9.85. The van der Waals surface area contributed by atoms with Crippen LogP contribution in [0.25, 0.3) is 0 Å². The molecule has 0 atom stereocenters. The van der Waals surface area contributed by atoms with Crippen molar-refractivity contribution in [3.05, 3.63) is 89.1 Å². The van der Waals surface area contributed by atoms with Crippen LogP contribution in [0, 0.1) is 0 Å². The molecular weight excluding hydrogens is 274 g/mol. The van der Waals surface area contributed by atoms with Crippen LogP contribution in [0.3, 0.4) is 0 Å². The summed E-state index contributed by atoms with van der Waals surface area (Å²) in [6.45, 7) is 0.587. The number of fused-ring (bicyclic) bond motifs is 1. The van der Waals surface area contributed by atoms with Gasteiger partial charge in [-0.25, -0.2) is 0 Å². The number of rotatable bonds is 1. The lowest BCUT2D eigenvalue weighted by molar-refractivity contribution is 0.0974. The molecule has 0 N–H and O–H groups in total. The van der Waals surface area contributed by atoms with E-state index in [1.54, 1.807) is 30.3 Å². The third-order valence-electron chi connectivity index (χ3n) is 4.04. The number of Topliss-reactive ketones (excluding diaryl/α,β-unsaturated/α-hetero) is 2. The van der Waals surface area contributed by atoms with E-state index < -0.39 is 0 Å². The zero-order valence-corrected chi connectivity index (χ0v) is 11.8. The number of hydrogen-bond donors (Lipinski definition) is 0. The highest BCUT2D eigenvalue weighted by Gasteiger charge is 2.35. The van der Waals surface area contributed by atoms with Gasteiger partial charge < -0.3 is 4.90 Å². The Morgan fingerprint density at radius 3 is 2.14 bits per heavy atom. The summed E-state index contributed by atoms with van der Waals surface area (Å²) in [5.41, 5.74) is 2.87. The molecule has 2 aromatic rings. The number of anilines is 1. The summed E-state index contributed by atoms with van der Waals surface area (Å²) in [5, 5.41) is 0. The first kappa shape index (κ1) is 12.8. The second kappa shape index (κ2) is 4.81. The van der Waals surface area contributed by atoms with E-state index in [0.717, 1.165) is 5.69 Å². The maximum Gasteiger partial charge on any atom is 0.210 e. The normalized spacial score (nSPS) is 16.6. The lowest BCUT2D eigenvalue weighted by Crippen LogP contribution is -2.36. The van der Waals surface area contributed by atoms with Crippen LogP contribution in [0.2, 0.25) is 0 Å². The molecule has 0 saturated heterocycles. The smallest absolute Gasteiger partial charge is 0.210 e. The highest BCUT2D eigenvalue weighted by Crippen LogP contribution is 2.33. The number of nitrogens with zero attached hydrogens (tertiary/aromatic N) is 1. The Hall–Kier alpha value is -2.94. The predicted octanol–water partition coefficient (Wildman–Crippen LogP) is 3.40. The molecule has 1 aliphatic carbocycles. The maximum absolute atomic E-state index is 12.9. The van der Waals surface area contributed by atoms with Crippen molar-refractivity contribution in [2.24, 2.45) is 0 Å². The van der Waals surface area contributed by atoms with Crippen LogP contribution in [0.15, 0.2) is 78.0 Å². The van der Waals surface area contributed by atoms with Gasteiger partial charge in [-0.2, -0.15) is 0 Å². The fourth-order valence-electron chi connectivity index (χ4n) is 3.01. The summed E-state index contributed by atoms with van der Waals surface area (Å²) < 4.78 is 0. The first-order valence-corrected chi connectivity index (χ1v) is 7.19. The average Bonchev–Trinajstić information content (AvgIpc) is 2.60. The first-order chi connectivity index (χ1) is 10.8. The topological polar surface area (TPSA) is 37.4 Å². The van der Waals surface area contributed by atoms with E-state index in [4.69, 9.17) is 0 Å².